The van der Waals surface area contributed by atoms with E-state index in [9.17, 15) is 4.39 Å². The van der Waals surface area contributed by atoms with Gasteiger partial charge in [0.25, 0.3) is 0 Å². The van der Waals surface area contributed by atoms with Crippen molar-refractivity contribution in [3.05, 3.63) is 28.2 Å². The normalized spacial score (nSPS) is 22.2. The van der Waals surface area contributed by atoms with Crippen LogP contribution in [0.25, 0.3) is 0 Å². The van der Waals surface area contributed by atoms with Gasteiger partial charge in [0.05, 0.1) is 0 Å². The number of benzene rings is 1. The second kappa shape index (κ2) is 3.29. The monoisotopic (exact) mass is 243 g/mol. The van der Waals surface area contributed by atoms with Crippen molar-refractivity contribution < 1.29 is 4.39 Å². The fraction of sp³-hybridized carbons (Fsp3) is 0.400. The lowest BCUT2D eigenvalue weighted by Crippen LogP contribution is -2.11. The van der Waals surface area contributed by atoms with Crippen LogP contribution in [0.1, 0.15) is 18.4 Å². The third kappa shape index (κ3) is 1.57. The maximum absolute atomic E-state index is 13.1. The van der Waals surface area contributed by atoms with Gasteiger partial charge in [0.15, 0.2) is 0 Å². The molecule has 1 N–H and O–H groups in total. The van der Waals surface area contributed by atoms with Gasteiger partial charge >= 0.3 is 0 Å². The molecule has 1 aliphatic rings. The predicted octanol–water partition coefficient (Wildman–Crippen LogP) is 3.32. The van der Waals surface area contributed by atoms with E-state index in [1.165, 1.54) is 0 Å². The van der Waals surface area contributed by atoms with Gasteiger partial charge in [-0.3, -0.25) is 0 Å². The van der Waals surface area contributed by atoms with Gasteiger partial charge in [-0.05, 0) is 24.6 Å². The van der Waals surface area contributed by atoms with Crippen LogP contribution in [-0.4, -0.2) is 12.7 Å². The van der Waals surface area contributed by atoms with E-state index in [2.05, 4.69) is 21.2 Å². The molecular weight excluding hydrogens is 233 g/mol. The fourth-order valence-electron chi connectivity index (χ4n) is 1.74. The number of anilines is 1. The lowest BCUT2D eigenvalue weighted by atomic mass is 9.98. The lowest BCUT2D eigenvalue weighted by Gasteiger charge is -2.10. The standard InChI is InChI=1S/C10H11BrFN/c1-6(12)9-5-13-10-4-7(11)2-3-8(9)10/h2-4,6,9,13H,5H2,1H3. The zero-order valence-corrected chi connectivity index (χ0v) is 8.94. The molecule has 1 heterocycles. The van der Waals surface area contributed by atoms with E-state index in [4.69, 9.17) is 0 Å². The SMILES string of the molecule is CC(F)C1CNc2cc(Br)ccc21. The van der Waals surface area contributed by atoms with Gasteiger partial charge in [-0.15, -0.1) is 0 Å². The molecule has 0 saturated heterocycles. The minimum atomic E-state index is -0.782. The van der Waals surface area contributed by atoms with Crippen LogP contribution in [0.15, 0.2) is 22.7 Å². The molecule has 2 atom stereocenters. The summed E-state index contributed by atoms with van der Waals surface area (Å²) in [7, 11) is 0. The smallest absolute Gasteiger partial charge is 0.106 e. The third-order valence-electron chi connectivity index (χ3n) is 2.48. The van der Waals surface area contributed by atoms with E-state index >= 15 is 0 Å². The molecule has 1 aromatic rings. The van der Waals surface area contributed by atoms with Crippen LogP contribution in [-0.2, 0) is 0 Å². The zero-order chi connectivity index (χ0) is 9.42. The Morgan fingerprint density at radius 1 is 1.62 bits per heavy atom. The minimum absolute atomic E-state index is 0.0168. The summed E-state index contributed by atoms with van der Waals surface area (Å²) in [6.07, 6.45) is -0.782. The Morgan fingerprint density at radius 2 is 2.38 bits per heavy atom. The second-order valence-electron chi connectivity index (χ2n) is 3.40. The fourth-order valence-corrected chi connectivity index (χ4v) is 2.11. The molecule has 1 aromatic carbocycles. The first-order valence-electron chi connectivity index (χ1n) is 4.36. The number of fused-ring (bicyclic) bond motifs is 1. The molecule has 0 amide bonds. The zero-order valence-electron chi connectivity index (χ0n) is 7.35. The topological polar surface area (TPSA) is 12.0 Å². The van der Waals surface area contributed by atoms with Gasteiger partial charge in [-0.2, -0.15) is 0 Å². The molecule has 3 heteroatoms. The van der Waals surface area contributed by atoms with Crippen molar-refractivity contribution in [3.63, 3.8) is 0 Å². The van der Waals surface area contributed by atoms with E-state index in [1.807, 2.05) is 18.2 Å². The van der Waals surface area contributed by atoms with Crippen molar-refractivity contribution >= 4 is 21.6 Å². The van der Waals surface area contributed by atoms with Crippen molar-refractivity contribution in [2.75, 3.05) is 11.9 Å². The van der Waals surface area contributed by atoms with E-state index in [0.717, 1.165) is 15.7 Å². The van der Waals surface area contributed by atoms with Crippen molar-refractivity contribution in [1.82, 2.24) is 0 Å². The van der Waals surface area contributed by atoms with Crippen LogP contribution in [0.4, 0.5) is 10.1 Å². The van der Waals surface area contributed by atoms with Crippen LogP contribution in [0, 0.1) is 0 Å². The number of hydrogen-bond acceptors (Lipinski definition) is 1. The van der Waals surface area contributed by atoms with Crippen molar-refractivity contribution in [2.24, 2.45) is 0 Å². The second-order valence-corrected chi connectivity index (χ2v) is 4.31. The third-order valence-corrected chi connectivity index (χ3v) is 2.97. The Balaban J connectivity index is 2.38. The van der Waals surface area contributed by atoms with Gasteiger partial charge in [0, 0.05) is 22.6 Å². The summed E-state index contributed by atoms with van der Waals surface area (Å²) < 4.78 is 14.2. The molecule has 0 aliphatic carbocycles. The summed E-state index contributed by atoms with van der Waals surface area (Å²) in [5.74, 6) is 0.0168. The predicted molar refractivity (Wildman–Crippen MR) is 55.9 cm³/mol. The van der Waals surface area contributed by atoms with Crippen molar-refractivity contribution in [1.29, 1.82) is 0 Å². The van der Waals surface area contributed by atoms with Crippen LogP contribution >= 0.6 is 15.9 Å². The summed E-state index contributed by atoms with van der Waals surface area (Å²) >= 11 is 3.39. The lowest BCUT2D eigenvalue weighted by molar-refractivity contribution is 0.317. The summed E-state index contributed by atoms with van der Waals surface area (Å²) in [5.41, 5.74) is 2.15. The van der Waals surface area contributed by atoms with E-state index in [1.54, 1.807) is 6.92 Å². The van der Waals surface area contributed by atoms with Gasteiger partial charge in [-0.25, -0.2) is 4.39 Å². The molecule has 0 bridgehead atoms. The van der Waals surface area contributed by atoms with Gasteiger partial charge in [-0.1, -0.05) is 22.0 Å². The van der Waals surface area contributed by atoms with Crippen molar-refractivity contribution in [2.45, 2.75) is 19.0 Å². The number of rotatable bonds is 1. The molecule has 2 rings (SSSR count). The molecule has 13 heavy (non-hydrogen) atoms. The molecule has 70 valence electrons. The van der Waals surface area contributed by atoms with Crippen LogP contribution in [0.3, 0.4) is 0 Å². The Hall–Kier alpha value is -0.570. The largest absolute Gasteiger partial charge is 0.384 e. The minimum Gasteiger partial charge on any atom is -0.384 e. The molecule has 2 unspecified atom stereocenters. The summed E-state index contributed by atoms with van der Waals surface area (Å²) in [6.45, 7) is 2.33. The summed E-state index contributed by atoms with van der Waals surface area (Å²) in [4.78, 5) is 0. The average Bonchev–Trinajstić information content (AvgIpc) is 2.46. The summed E-state index contributed by atoms with van der Waals surface area (Å²) in [6, 6.07) is 5.94. The molecule has 0 spiro atoms. The van der Waals surface area contributed by atoms with E-state index in [-0.39, 0.29) is 5.92 Å². The Bertz CT molecular complexity index is 325. The molecular formula is C10H11BrFN. The van der Waals surface area contributed by atoms with E-state index in [0.29, 0.717) is 6.54 Å². The maximum Gasteiger partial charge on any atom is 0.106 e. The molecule has 0 saturated carbocycles. The molecule has 1 aliphatic heterocycles. The van der Waals surface area contributed by atoms with Gasteiger partial charge in [0.1, 0.15) is 6.17 Å². The molecule has 0 radical (unpaired) electrons. The van der Waals surface area contributed by atoms with Crippen LogP contribution in [0.5, 0.6) is 0 Å². The first-order chi connectivity index (χ1) is 6.18. The van der Waals surface area contributed by atoms with Gasteiger partial charge in [0.2, 0.25) is 0 Å². The molecule has 0 fully saturated rings. The first-order valence-corrected chi connectivity index (χ1v) is 5.15. The number of alkyl halides is 1. The maximum atomic E-state index is 13.1. The highest BCUT2D eigenvalue weighted by Crippen LogP contribution is 2.36. The van der Waals surface area contributed by atoms with Crippen molar-refractivity contribution in [3.8, 4) is 0 Å². The first kappa shape index (κ1) is 9.00. The Labute approximate surface area is 85.5 Å². The van der Waals surface area contributed by atoms with E-state index < -0.39 is 6.17 Å². The number of halogens is 2. The Kier molecular flexibility index (Phi) is 2.28. The highest BCUT2D eigenvalue weighted by molar-refractivity contribution is 9.10. The van der Waals surface area contributed by atoms with Gasteiger partial charge < -0.3 is 5.32 Å². The highest BCUT2D eigenvalue weighted by Gasteiger charge is 2.26. The summed E-state index contributed by atoms with van der Waals surface area (Å²) in [5, 5.41) is 3.20. The highest BCUT2D eigenvalue weighted by atomic mass is 79.9. The molecule has 0 aromatic heterocycles. The quantitative estimate of drug-likeness (QED) is 0.799. The van der Waals surface area contributed by atoms with Crippen LogP contribution in [0.2, 0.25) is 0 Å². The Morgan fingerprint density at radius 3 is 3.08 bits per heavy atom. The number of nitrogens with one attached hydrogen (secondary N) is 1. The number of hydrogen-bond donors (Lipinski definition) is 1. The molecule has 1 nitrogen and oxygen atoms in total. The average molecular weight is 244 g/mol. The van der Waals surface area contributed by atoms with Crippen LogP contribution < -0.4 is 5.32 Å².